The van der Waals surface area contributed by atoms with Crippen molar-refractivity contribution in [2.24, 2.45) is 0 Å². The molecule has 5 rings (SSSR count). The van der Waals surface area contributed by atoms with Crippen molar-refractivity contribution >= 4 is 40.2 Å². The number of carbonyl (C=O) groups is 1. The van der Waals surface area contributed by atoms with Gasteiger partial charge in [-0.25, -0.2) is 0 Å². The molecule has 0 saturated carbocycles. The predicted molar refractivity (Wildman–Crippen MR) is 103 cm³/mol. The zero-order valence-electron chi connectivity index (χ0n) is 13.6. The summed E-state index contributed by atoms with van der Waals surface area (Å²) in [6.45, 7) is 0.813. The second-order valence-electron chi connectivity index (χ2n) is 6.16. The van der Waals surface area contributed by atoms with Crippen molar-refractivity contribution in [3.05, 3.63) is 67.0 Å². The highest BCUT2D eigenvalue weighted by Crippen LogP contribution is 2.43. The van der Waals surface area contributed by atoms with Crippen molar-refractivity contribution < 1.29 is 14.3 Å². The molecule has 2 aromatic heterocycles. The van der Waals surface area contributed by atoms with Crippen molar-refractivity contribution in [3.8, 4) is 11.5 Å². The molecule has 26 heavy (non-hydrogen) atoms. The zero-order chi connectivity index (χ0) is 17.7. The molecule has 0 spiro atoms. The van der Waals surface area contributed by atoms with Crippen LogP contribution in [0.2, 0.25) is 5.02 Å². The molecule has 3 aromatic rings. The first-order valence-corrected chi connectivity index (χ1v) is 10.4. The van der Waals surface area contributed by atoms with E-state index < -0.39 is 0 Å². The molecule has 132 valence electrons. The van der Waals surface area contributed by atoms with Crippen molar-refractivity contribution in [1.29, 1.82) is 0 Å². The van der Waals surface area contributed by atoms with Gasteiger partial charge in [-0.3, -0.25) is 4.79 Å². The highest BCUT2D eigenvalue weighted by Gasteiger charge is 2.34. The minimum Gasteiger partial charge on any atom is -0.454 e. The van der Waals surface area contributed by atoms with Gasteiger partial charge < -0.3 is 14.4 Å². The van der Waals surface area contributed by atoms with Crippen molar-refractivity contribution in [2.75, 3.05) is 13.3 Å². The fourth-order valence-electron chi connectivity index (χ4n) is 3.55. The predicted octanol–water partition coefficient (Wildman–Crippen LogP) is 4.98. The van der Waals surface area contributed by atoms with E-state index in [9.17, 15) is 4.79 Å². The van der Waals surface area contributed by atoms with Gasteiger partial charge in [-0.15, -0.1) is 22.7 Å². The molecular formula is C19H14ClNO3S2. The lowest BCUT2D eigenvalue weighted by Gasteiger charge is -2.35. The van der Waals surface area contributed by atoms with Crippen molar-refractivity contribution in [2.45, 2.75) is 12.5 Å². The average molecular weight is 404 g/mol. The van der Waals surface area contributed by atoms with Crippen LogP contribution in [-0.4, -0.2) is 24.1 Å². The van der Waals surface area contributed by atoms with Gasteiger partial charge in [0, 0.05) is 21.9 Å². The number of rotatable bonds is 2. The topological polar surface area (TPSA) is 38.8 Å². The van der Waals surface area contributed by atoms with Crippen LogP contribution < -0.4 is 9.47 Å². The number of carbonyl (C=O) groups excluding carboxylic acids is 1. The average Bonchev–Trinajstić information content (AvgIpc) is 3.39. The van der Waals surface area contributed by atoms with Gasteiger partial charge in [-0.1, -0.05) is 17.7 Å². The second-order valence-corrected chi connectivity index (χ2v) is 8.54. The van der Waals surface area contributed by atoms with Crippen LogP contribution in [0, 0.1) is 0 Å². The number of fused-ring (bicyclic) bond motifs is 2. The normalized spacial score (nSPS) is 18.0. The summed E-state index contributed by atoms with van der Waals surface area (Å²) >= 11 is 9.73. The molecule has 1 aromatic carbocycles. The highest BCUT2D eigenvalue weighted by molar-refractivity contribution is 7.10. The van der Waals surface area contributed by atoms with Crippen molar-refractivity contribution in [1.82, 2.24) is 4.90 Å². The monoisotopic (exact) mass is 403 g/mol. The maximum Gasteiger partial charge on any atom is 0.254 e. The number of hydrogen-bond acceptors (Lipinski definition) is 5. The van der Waals surface area contributed by atoms with E-state index in [1.54, 1.807) is 34.8 Å². The molecule has 0 radical (unpaired) electrons. The Bertz CT molecular complexity index is 983. The summed E-state index contributed by atoms with van der Waals surface area (Å²) in [5.41, 5.74) is 1.75. The Labute approximate surface area is 163 Å². The summed E-state index contributed by atoms with van der Waals surface area (Å²) < 4.78 is 10.8. The van der Waals surface area contributed by atoms with E-state index in [4.69, 9.17) is 21.1 Å². The fraction of sp³-hybridized carbons (Fsp3) is 0.211. The molecule has 0 N–H and O–H groups in total. The Balaban J connectivity index is 1.56. The molecule has 4 heterocycles. The second kappa shape index (κ2) is 6.30. The minimum atomic E-state index is -0.0540. The molecule has 7 heteroatoms. The lowest BCUT2D eigenvalue weighted by molar-refractivity contribution is 0.0698. The standard InChI is InChI=1S/C19H14ClNO3S2/c20-13-8-11(9-14-18(13)24-10-23-14)19(22)21-5-3-15-12(4-7-26-15)17(21)16-2-1-6-25-16/h1-2,4,6-9,17H,3,5,10H2/t17-/m1/s1. The summed E-state index contributed by atoms with van der Waals surface area (Å²) in [7, 11) is 0. The molecule has 0 fully saturated rings. The van der Waals surface area contributed by atoms with Crippen LogP contribution in [0.25, 0.3) is 0 Å². The lowest BCUT2D eigenvalue weighted by atomic mass is 9.97. The van der Waals surface area contributed by atoms with E-state index in [0.717, 1.165) is 6.42 Å². The zero-order valence-corrected chi connectivity index (χ0v) is 16.0. The Morgan fingerprint density at radius 1 is 1.19 bits per heavy atom. The Hall–Kier alpha value is -2.02. The number of halogens is 1. The van der Waals surface area contributed by atoms with Crippen LogP contribution in [0.15, 0.2) is 41.1 Å². The summed E-state index contributed by atoms with van der Waals surface area (Å²) in [4.78, 5) is 17.8. The van der Waals surface area contributed by atoms with E-state index in [2.05, 4.69) is 22.9 Å². The molecule has 1 amide bonds. The van der Waals surface area contributed by atoms with Gasteiger partial charge in [0.2, 0.25) is 6.79 Å². The summed E-state index contributed by atoms with van der Waals surface area (Å²) in [6.07, 6.45) is 0.874. The fourth-order valence-corrected chi connectivity index (χ4v) is 5.57. The molecule has 2 aliphatic heterocycles. The number of hydrogen-bond donors (Lipinski definition) is 0. The van der Waals surface area contributed by atoms with Crippen LogP contribution in [0.1, 0.15) is 31.7 Å². The highest BCUT2D eigenvalue weighted by atomic mass is 35.5. The molecule has 0 unspecified atom stereocenters. The van der Waals surface area contributed by atoms with Gasteiger partial charge in [0.25, 0.3) is 5.91 Å². The third-order valence-corrected chi connectivity index (χ3v) is 6.92. The van der Waals surface area contributed by atoms with Crippen LogP contribution in [0.4, 0.5) is 0 Å². The van der Waals surface area contributed by atoms with Gasteiger partial charge in [0.1, 0.15) is 0 Å². The van der Waals surface area contributed by atoms with Crippen LogP contribution in [0.5, 0.6) is 11.5 Å². The third kappa shape index (κ3) is 2.52. The van der Waals surface area contributed by atoms with Crippen LogP contribution in [-0.2, 0) is 6.42 Å². The van der Waals surface area contributed by atoms with Crippen molar-refractivity contribution in [3.63, 3.8) is 0 Å². The molecule has 0 saturated heterocycles. The summed E-state index contributed by atoms with van der Waals surface area (Å²) in [5, 5.41) is 4.57. The summed E-state index contributed by atoms with van der Waals surface area (Å²) in [6, 6.07) is 9.60. The maximum absolute atomic E-state index is 13.4. The number of ether oxygens (including phenoxy) is 2. The first-order chi connectivity index (χ1) is 12.7. The van der Waals surface area contributed by atoms with Gasteiger partial charge in [0.05, 0.1) is 11.1 Å². The van der Waals surface area contributed by atoms with E-state index in [0.29, 0.717) is 28.6 Å². The van der Waals surface area contributed by atoms with Gasteiger partial charge >= 0.3 is 0 Å². The Morgan fingerprint density at radius 3 is 2.96 bits per heavy atom. The largest absolute Gasteiger partial charge is 0.454 e. The van der Waals surface area contributed by atoms with Crippen LogP contribution in [0.3, 0.4) is 0 Å². The maximum atomic E-state index is 13.4. The van der Waals surface area contributed by atoms with Gasteiger partial charge in [-0.05, 0) is 47.0 Å². The molecule has 2 aliphatic rings. The summed E-state index contributed by atoms with van der Waals surface area (Å²) in [5.74, 6) is 0.999. The van der Waals surface area contributed by atoms with E-state index >= 15 is 0 Å². The molecule has 0 aliphatic carbocycles. The first-order valence-electron chi connectivity index (χ1n) is 8.22. The molecule has 1 atom stereocenters. The number of nitrogens with zero attached hydrogens (tertiary/aromatic N) is 1. The van der Waals surface area contributed by atoms with E-state index in [-0.39, 0.29) is 18.7 Å². The molecular weight excluding hydrogens is 390 g/mol. The minimum absolute atomic E-state index is 0.0412. The van der Waals surface area contributed by atoms with E-state index in [1.807, 2.05) is 11.0 Å². The smallest absolute Gasteiger partial charge is 0.254 e. The quantitative estimate of drug-likeness (QED) is 0.605. The SMILES string of the molecule is O=C(c1cc(Cl)c2c(c1)OCO2)N1CCc2sccc2[C@@H]1c1cccs1. The molecule has 4 nitrogen and oxygen atoms in total. The Morgan fingerprint density at radius 2 is 2.12 bits per heavy atom. The lowest BCUT2D eigenvalue weighted by Crippen LogP contribution is -2.39. The number of thiophene rings is 2. The van der Waals surface area contributed by atoms with E-state index in [1.165, 1.54) is 15.3 Å². The van der Waals surface area contributed by atoms with Crippen LogP contribution >= 0.6 is 34.3 Å². The van der Waals surface area contributed by atoms with Gasteiger partial charge in [0.15, 0.2) is 11.5 Å². The van der Waals surface area contributed by atoms with Gasteiger partial charge in [-0.2, -0.15) is 0 Å². The number of benzene rings is 1. The number of amides is 1. The Kier molecular flexibility index (Phi) is 3.92. The molecule has 0 bridgehead atoms. The third-order valence-electron chi connectivity index (χ3n) is 4.71. The first kappa shape index (κ1) is 16.2.